The van der Waals surface area contributed by atoms with Crippen molar-refractivity contribution in [1.29, 1.82) is 0 Å². The van der Waals surface area contributed by atoms with Crippen molar-refractivity contribution in [3.63, 3.8) is 0 Å². The molecule has 2 rings (SSSR count). The van der Waals surface area contributed by atoms with Gasteiger partial charge in [-0.1, -0.05) is 0 Å². The van der Waals surface area contributed by atoms with Gasteiger partial charge in [-0.3, -0.25) is 4.79 Å². The minimum Gasteiger partial charge on any atom is -0.381 e. The number of hydrogen-bond acceptors (Lipinski definition) is 4. The number of nitrogens with one attached hydrogen (secondary N) is 1. The Morgan fingerprint density at radius 3 is 2.74 bits per heavy atom. The normalized spacial score (nSPS) is 16.2. The van der Waals surface area contributed by atoms with E-state index in [4.69, 9.17) is 4.74 Å². The van der Waals surface area contributed by atoms with Gasteiger partial charge in [-0.05, 0) is 31.9 Å². The molecular formula is C14H21N3O2. The lowest BCUT2D eigenvalue weighted by atomic mass is 10.1. The summed E-state index contributed by atoms with van der Waals surface area (Å²) in [6.07, 6.45) is 1.82. The van der Waals surface area contributed by atoms with E-state index in [0.29, 0.717) is 5.56 Å². The first kappa shape index (κ1) is 13.8. The lowest BCUT2D eigenvalue weighted by Crippen LogP contribution is -2.40. The van der Waals surface area contributed by atoms with E-state index in [1.54, 1.807) is 13.1 Å². The Morgan fingerprint density at radius 1 is 1.42 bits per heavy atom. The first-order valence-electron chi connectivity index (χ1n) is 6.63. The quantitative estimate of drug-likeness (QED) is 0.901. The zero-order valence-corrected chi connectivity index (χ0v) is 11.8. The predicted molar refractivity (Wildman–Crippen MR) is 74.5 cm³/mol. The number of ether oxygens (including phenoxy) is 1. The highest BCUT2D eigenvalue weighted by Crippen LogP contribution is 2.17. The van der Waals surface area contributed by atoms with Crippen molar-refractivity contribution in [3.8, 4) is 0 Å². The monoisotopic (exact) mass is 263 g/mol. The summed E-state index contributed by atoms with van der Waals surface area (Å²) >= 11 is 0. The van der Waals surface area contributed by atoms with Gasteiger partial charge in [0.1, 0.15) is 5.82 Å². The molecule has 2 heterocycles. The van der Waals surface area contributed by atoms with Crippen molar-refractivity contribution < 1.29 is 9.53 Å². The maximum atomic E-state index is 12.5. The predicted octanol–water partition coefficient (Wildman–Crippen LogP) is 1.68. The lowest BCUT2D eigenvalue weighted by molar-refractivity contribution is 0.0362. The second-order valence-corrected chi connectivity index (χ2v) is 4.89. The Hall–Kier alpha value is -1.62. The van der Waals surface area contributed by atoms with E-state index < -0.39 is 0 Å². The number of aryl methyl sites for hydroxylation is 1. The number of carbonyl (C=O) groups excluding carboxylic acids is 1. The number of rotatable bonds is 3. The third kappa shape index (κ3) is 3.23. The van der Waals surface area contributed by atoms with Gasteiger partial charge in [0.05, 0.1) is 0 Å². The number of aromatic nitrogens is 1. The topological polar surface area (TPSA) is 54.5 Å². The zero-order chi connectivity index (χ0) is 13.8. The van der Waals surface area contributed by atoms with Gasteiger partial charge in [-0.2, -0.15) is 0 Å². The van der Waals surface area contributed by atoms with Crippen LogP contribution in [0.15, 0.2) is 12.1 Å². The van der Waals surface area contributed by atoms with Crippen LogP contribution >= 0.6 is 0 Å². The molecule has 1 aromatic heterocycles. The second kappa shape index (κ2) is 6.02. The number of carbonyl (C=O) groups is 1. The summed E-state index contributed by atoms with van der Waals surface area (Å²) in [5.41, 5.74) is 1.53. The first-order valence-corrected chi connectivity index (χ1v) is 6.63. The van der Waals surface area contributed by atoms with Crippen molar-refractivity contribution in [2.45, 2.75) is 25.8 Å². The minimum atomic E-state index is 0.0499. The van der Waals surface area contributed by atoms with Gasteiger partial charge in [-0.15, -0.1) is 0 Å². The summed E-state index contributed by atoms with van der Waals surface area (Å²) in [6.45, 7) is 3.37. The molecule has 5 heteroatoms. The maximum Gasteiger partial charge on any atom is 0.254 e. The largest absolute Gasteiger partial charge is 0.381 e. The van der Waals surface area contributed by atoms with Crippen LogP contribution in [0.3, 0.4) is 0 Å². The van der Waals surface area contributed by atoms with Crippen LogP contribution in [0.2, 0.25) is 0 Å². The molecule has 0 unspecified atom stereocenters. The molecule has 0 aromatic carbocycles. The third-order valence-corrected chi connectivity index (χ3v) is 3.52. The van der Waals surface area contributed by atoms with Crippen LogP contribution in [0, 0.1) is 6.92 Å². The van der Waals surface area contributed by atoms with Crippen LogP contribution in [-0.2, 0) is 4.74 Å². The molecule has 1 aromatic rings. The Balaban J connectivity index is 2.15. The van der Waals surface area contributed by atoms with Gasteiger partial charge in [0.15, 0.2) is 0 Å². The van der Waals surface area contributed by atoms with E-state index in [1.165, 1.54) is 0 Å². The van der Waals surface area contributed by atoms with Crippen LogP contribution in [0.1, 0.15) is 28.9 Å². The molecule has 1 aliphatic rings. The highest BCUT2D eigenvalue weighted by molar-refractivity contribution is 5.95. The van der Waals surface area contributed by atoms with E-state index in [-0.39, 0.29) is 11.9 Å². The smallest absolute Gasteiger partial charge is 0.254 e. The summed E-state index contributed by atoms with van der Waals surface area (Å²) in [7, 11) is 3.67. The van der Waals surface area contributed by atoms with Gasteiger partial charge < -0.3 is 15.0 Å². The molecule has 0 radical (unpaired) electrons. The van der Waals surface area contributed by atoms with Gasteiger partial charge >= 0.3 is 0 Å². The lowest BCUT2D eigenvalue weighted by Gasteiger charge is -2.31. The molecule has 1 fully saturated rings. The molecule has 0 aliphatic carbocycles. The van der Waals surface area contributed by atoms with Gasteiger partial charge in [0.25, 0.3) is 5.91 Å². The summed E-state index contributed by atoms with van der Waals surface area (Å²) in [5, 5.41) is 2.98. The number of nitrogens with zero attached hydrogens (tertiary/aromatic N) is 2. The van der Waals surface area contributed by atoms with Crippen molar-refractivity contribution in [2.75, 3.05) is 32.6 Å². The zero-order valence-electron chi connectivity index (χ0n) is 11.8. The summed E-state index contributed by atoms with van der Waals surface area (Å²) in [4.78, 5) is 18.6. The van der Waals surface area contributed by atoms with Crippen molar-refractivity contribution >= 4 is 11.7 Å². The molecule has 5 nitrogen and oxygen atoms in total. The third-order valence-electron chi connectivity index (χ3n) is 3.52. The highest BCUT2D eigenvalue weighted by atomic mass is 16.5. The molecule has 104 valence electrons. The summed E-state index contributed by atoms with van der Waals surface area (Å²) in [6, 6.07) is 3.90. The molecule has 0 saturated carbocycles. The summed E-state index contributed by atoms with van der Waals surface area (Å²) < 4.78 is 5.33. The van der Waals surface area contributed by atoms with Crippen molar-refractivity contribution in [2.24, 2.45) is 0 Å². The molecule has 0 bridgehead atoms. The van der Waals surface area contributed by atoms with E-state index in [0.717, 1.165) is 37.6 Å². The minimum absolute atomic E-state index is 0.0499. The SMILES string of the molecule is CNc1cc(C(=O)N(C)C2CCOCC2)cc(C)n1. The Bertz CT molecular complexity index is 456. The first-order chi connectivity index (χ1) is 9.11. The number of hydrogen-bond donors (Lipinski definition) is 1. The average molecular weight is 263 g/mol. The molecule has 1 saturated heterocycles. The molecule has 1 amide bonds. The van der Waals surface area contributed by atoms with E-state index >= 15 is 0 Å². The molecule has 1 N–H and O–H groups in total. The fourth-order valence-electron chi connectivity index (χ4n) is 2.36. The van der Waals surface area contributed by atoms with Crippen molar-refractivity contribution in [1.82, 2.24) is 9.88 Å². The van der Waals surface area contributed by atoms with Gasteiger partial charge in [0, 0.05) is 44.6 Å². The molecular weight excluding hydrogens is 242 g/mol. The van der Waals surface area contributed by atoms with E-state index in [2.05, 4.69) is 10.3 Å². The van der Waals surface area contributed by atoms with E-state index in [1.807, 2.05) is 24.9 Å². The Kier molecular flexibility index (Phi) is 4.37. The maximum absolute atomic E-state index is 12.5. The molecule has 0 spiro atoms. The van der Waals surface area contributed by atoms with Crippen LogP contribution in [0.4, 0.5) is 5.82 Å². The van der Waals surface area contributed by atoms with Crippen LogP contribution in [0.5, 0.6) is 0 Å². The Morgan fingerprint density at radius 2 is 2.11 bits per heavy atom. The van der Waals surface area contributed by atoms with Crippen molar-refractivity contribution in [3.05, 3.63) is 23.4 Å². The number of pyridine rings is 1. The highest BCUT2D eigenvalue weighted by Gasteiger charge is 2.23. The molecule has 1 aliphatic heterocycles. The molecule has 0 atom stereocenters. The van der Waals surface area contributed by atoms with Gasteiger partial charge in [0.2, 0.25) is 0 Å². The van der Waals surface area contributed by atoms with Crippen LogP contribution < -0.4 is 5.32 Å². The summed E-state index contributed by atoms with van der Waals surface area (Å²) in [5.74, 6) is 0.776. The van der Waals surface area contributed by atoms with E-state index in [9.17, 15) is 4.79 Å². The molecule has 19 heavy (non-hydrogen) atoms. The standard InChI is InChI=1S/C14H21N3O2/c1-10-8-11(9-13(15-2)16-10)14(18)17(3)12-4-6-19-7-5-12/h8-9,12H,4-7H2,1-3H3,(H,15,16). The van der Waals surface area contributed by atoms with Crippen LogP contribution in [-0.4, -0.2) is 49.1 Å². The second-order valence-electron chi connectivity index (χ2n) is 4.89. The Labute approximate surface area is 114 Å². The number of anilines is 1. The average Bonchev–Trinajstić information content (AvgIpc) is 2.46. The fraction of sp³-hybridized carbons (Fsp3) is 0.571. The van der Waals surface area contributed by atoms with Gasteiger partial charge in [-0.25, -0.2) is 4.98 Å². The fourth-order valence-corrected chi connectivity index (χ4v) is 2.36. The van der Waals surface area contributed by atoms with Crippen LogP contribution in [0.25, 0.3) is 0 Å². The number of amides is 1.